The molecule has 1 heterocycles. The monoisotopic (exact) mass is 454 g/mol. The molecule has 0 amide bonds. The summed E-state index contributed by atoms with van der Waals surface area (Å²) in [6.45, 7) is 0. The molecule has 0 bridgehead atoms. The summed E-state index contributed by atoms with van der Waals surface area (Å²) in [7, 11) is 1.50. The maximum Gasteiger partial charge on any atom is 0.195 e. The molecule has 4 rings (SSSR count). The Morgan fingerprint density at radius 1 is 0.788 bits per heavy atom. The van der Waals surface area contributed by atoms with Crippen molar-refractivity contribution >= 4 is 10.8 Å². The molecule has 4 aromatic rings. The Morgan fingerprint density at radius 2 is 1.48 bits per heavy atom. The van der Waals surface area contributed by atoms with Crippen molar-refractivity contribution in [1.82, 2.24) is 9.97 Å². The van der Waals surface area contributed by atoms with Gasteiger partial charge in [-0.25, -0.2) is 31.9 Å². The highest BCUT2D eigenvalue weighted by Crippen LogP contribution is 2.24. The van der Waals surface area contributed by atoms with Crippen molar-refractivity contribution in [1.29, 1.82) is 0 Å². The summed E-state index contributed by atoms with van der Waals surface area (Å²) in [4.78, 5) is 8.23. The second kappa shape index (κ2) is 9.25. The van der Waals surface area contributed by atoms with Gasteiger partial charge in [-0.1, -0.05) is 17.9 Å². The van der Waals surface area contributed by atoms with Gasteiger partial charge in [0, 0.05) is 17.4 Å². The molecule has 8 heteroatoms. The molecular formula is C25H15F5N2O. The van der Waals surface area contributed by atoms with Gasteiger partial charge in [0.15, 0.2) is 23.2 Å². The molecule has 0 unspecified atom stereocenters. The Hall–Kier alpha value is -3.99. The van der Waals surface area contributed by atoms with Crippen molar-refractivity contribution in [3.05, 3.63) is 100 Å². The fraction of sp³-hybridized carbons (Fsp3) is 0.120. The molecule has 0 aliphatic heterocycles. The van der Waals surface area contributed by atoms with Crippen molar-refractivity contribution < 1.29 is 26.7 Å². The van der Waals surface area contributed by atoms with Gasteiger partial charge in [0.25, 0.3) is 0 Å². The van der Waals surface area contributed by atoms with Crippen LogP contribution in [-0.4, -0.2) is 17.1 Å². The lowest BCUT2D eigenvalue weighted by atomic mass is 10.0. The van der Waals surface area contributed by atoms with E-state index in [1.54, 1.807) is 0 Å². The minimum absolute atomic E-state index is 0.0789. The molecule has 0 aliphatic rings. The number of methoxy groups -OCH3 is 1. The summed E-state index contributed by atoms with van der Waals surface area (Å²) in [6, 6.07) is 7.10. The molecule has 0 atom stereocenters. The van der Waals surface area contributed by atoms with Crippen molar-refractivity contribution in [2.24, 2.45) is 0 Å². The molecule has 0 N–H and O–H groups in total. The maximum absolute atomic E-state index is 14.5. The molecule has 0 saturated heterocycles. The average molecular weight is 454 g/mol. The summed E-state index contributed by atoms with van der Waals surface area (Å²) in [6.07, 6.45) is 3.70. The number of fused-ring (bicyclic) bond motifs is 1. The van der Waals surface area contributed by atoms with Crippen LogP contribution in [-0.2, 0) is 12.8 Å². The molecule has 0 saturated carbocycles. The number of halogens is 5. The van der Waals surface area contributed by atoms with Crippen LogP contribution >= 0.6 is 0 Å². The SMILES string of the molecule is COc1cnc(CCc2cc(F)c(C#Cc3ccc4c(F)c(F)c(F)cc4c3)c(F)c2)nc1. The standard InChI is InChI=1S/C25H15F5N2O/c1-33-17-12-31-23(32-13-17)7-4-15-9-20(26)19(21(27)10-15)6-3-14-2-5-18-16(8-14)11-22(28)25(30)24(18)29/h2,5,8-13H,4,7H2,1H3. The van der Waals surface area contributed by atoms with Crippen LogP contribution in [0, 0.1) is 40.9 Å². The molecule has 166 valence electrons. The lowest BCUT2D eigenvalue weighted by Crippen LogP contribution is -2.00. The zero-order valence-electron chi connectivity index (χ0n) is 17.2. The van der Waals surface area contributed by atoms with Gasteiger partial charge in [-0.2, -0.15) is 0 Å². The number of rotatable bonds is 4. The molecular weight excluding hydrogens is 439 g/mol. The summed E-state index contributed by atoms with van der Waals surface area (Å²) < 4.78 is 74.7. The number of aromatic nitrogens is 2. The Labute approximate surface area is 185 Å². The predicted octanol–water partition coefficient (Wildman–Crippen LogP) is 5.52. The van der Waals surface area contributed by atoms with Crippen molar-refractivity contribution in [2.45, 2.75) is 12.8 Å². The Balaban J connectivity index is 1.55. The van der Waals surface area contributed by atoms with Gasteiger partial charge in [-0.15, -0.1) is 0 Å². The first-order valence-electron chi connectivity index (χ1n) is 9.78. The number of benzene rings is 3. The first-order valence-corrected chi connectivity index (χ1v) is 9.78. The van der Waals surface area contributed by atoms with Gasteiger partial charge in [-0.05, 0) is 47.7 Å². The molecule has 0 spiro atoms. The van der Waals surface area contributed by atoms with Crippen LogP contribution in [0.25, 0.3) is 10.8 Å². The minimum Gasteiger partial charge on any atom is -0.494 e. The van der Waals surface area contributed by atoms with Crippen LogP contribution in [0.3, 0.4) is 0 Å². The van der Waals surface area contributed by atoms with Crippen LogP contribution in [0.5, 0.6) is 5.75 Å². The largest absolute Gasteiger partial charge is 0.494 e. The highest BCUT2D eigenvalue weighted by atomic mass is 19.2. The number of hydrogen-bond acceptors (Lipinski definition) is 3. The number of nitrogens with zero attached hydrogens (tertiary/aromatic N) is 2. The van der Waals surface area contributed by atoms with E-state index in [4.69, 9.17) is 4.74 Å². The van der Waals surface area contributed by atoms with Gasteiger partial charge < -0.3 is 4.74 Å². The summed E-state index contributed by atoms with van der Waals surface area (Å²) in [5.74, 6) is 0.115. The molecule has 1 aromatic heterocycles. The van der Waals surface area contributed by atoms with Crippen LogP contribution in [0.2, 0.25) is 0 Å². The number of ether oxygens (including phenoxy) is 1. The second-order valence-electron chi connectivity index (χ2n) is 7.15. The molecule has 33 heavy (non-hydrogen) atoms. The highest BCUT2D eigenvalue weighted by molar-refractivity contribution is 5.84. The van der Waals surface area contributed by atoms with Crippen LogP contribution in [0.1, 0.15) is 22.5 Å². The molecule has 0 radical (unpaired) electrons. The Morgan fingerprint density at radius 3 is 2.15 bits per heavy atom. The topological polar surface area (TPSA) is 35.0 Å². The highest BCUT2D eigenvalue weighted by Gasteiger charge is 2.14. The van der Waals surface area contributed by atoms with E-state index in [1.807, 2.05) is 0 Å². The van der Waals surface area contributed by atoms with Gasteiger partial charge in [0.05, 0.1) is 25.1 Å². The summed E-state index contributed by atoms with van der Waals surface area (Å²) >= 11 is 0. The first kappa shape index (κ1) is 22.2. The Bertz CT molecular complexity index is 1390. The number of aryl methyl sites for hydroxylation is 2. The zero-order chi connectivity index (χ0) is 23.5. The third-order valence-corrected chi connectivity index (χ3v) is 4.96. The fourth-order valence-electron chi connectivity index (χ4n) is 3.24. The van der Waals surface area contributed by atoms with E-state index in [9.17, 15) is 22.0 Å². The van der Waals surface area contributed by atoms with E-state index < -0.39 is 34.6 Å². The quantitative estimate of drug-likeness (QED) is 0.231. The normalized spacial score (nSPS) is 10.7. The minimum atomic E-state index is -1.57. The summed E-state index contributed by atoms with van der Waals surface area (Å²) in [5.41, 5.74) is 0.233. The van der Waals surface area contributed by atoms with Gasteiger partial charge in [0.2, 0.25) is 0 Å². The lowest BCUT2D eigenvalue weighted by molar-refractivity contribution is 0.410. The van der Waals surface area contributed by atoms with E-state index in [2.05, 4.69) is 21.8 Å². The lowest BCUT2D eigenvalue weighted by Gasteiger charge is -2.05. The predicted molar refractivity (Wildman–Crippen MR) is 112 cm³/mol. The van der Waals surface area contributed by atoms with Crippen LogP contribution in [0.15, 0.2) is 48.8 Å². The van der Waals surface area contributed by atoms with Crippen molar-refractivity contribution in [3.63, 3.8) is 0 Å². The fourth-order valence-corrected chi connectivity index (χ4v) is 3.24. The maximum atomic E-state index is 14.5. The zero-order valence-corrected chi connectivity index (χ0v) is 17.2. The van der Waals surface area contributed by atoms with E-state index in [-0.39, 0.29) is 16.3 Å². The first-order chi connectivity index (χ1) is 15.9. The van der Waals surface area contributed by atoms with E-state index >= 15 is 0 Å². The third-order valence-electron chi connectivity index (χ3n) is 4.96. The molecule has 0 aliphatic carbocycles. The average Bonchev–Trinajstić information content (AvgIpc) is 2.81. The van der Waals surface area contributed by atoms with Crippen LogP contribution < -0.4 is 4.74 Å². The van der Waals surface area contributed by atoms with Crippen molar-refractivity contribution in [2.75, 3.05) is 7.11 Å². The smallest absolute Gasteiger partial charge is 0.195 e. The number of hydrogen-bond donors (Lipinski definition) is 0. The molecule has 3 aromatic carbocycles. The second-order valence-corrected chi connectivity index (χ2v) is 7.15. The third kappa shape index (κ3) is 4.77. The molecule has 3 nitrogen and oxygen atoms in total. The Kier molecular flexibility index (Phi) is 6.22. The van der Waals surface area contributed by atoms with E-state index in [1.165, 1.54) is 49.8 Å². The van der Waals surface area contributed by atoms with Crippen molar-refractivity contribution in [3.8, 4) is 17.6 Å². The van der Waals surface area contributed by atoms with Gasteiger partial charge in [0.1, 0.15) is 17.5 Å². The van der Waals surface area contributed by atoms with E-state index in [0.717, 1.165) is 6.07 Å². The molecule has 0 fully saturated rings. The van der Waals surface area contributed by atoms with Crippen LogP contribution in [0.4, 0.5) is 22.0 Å². The summed E-state index contributed by atoms with van der Waals surface area (Å²) in [5, 5.41) is -0.0442. The van der Waals surface area contributed by atoms with Gasteiger partial charge in [-0.3, -0.25) is 0 Å². The van der Waals surface area contributed by atoms with E-state index in [0.29, 0.717) is 30.0 Å². The van der Waals surface area contributed by atoms with Gasteiger partial charge >= 0.3 is 0 Å².